The fourth-order valence-electron chi connectivity index (χ4n) is 2.17. The molecule has 1 N–H and O–H groups in total. The van der Waals surface area contributed by atoms with E-state index < -0.39 is 0 Å². The van der Waals surface area contributed by atoms with Crippen molar-refractivity contribution in [1.29, 1.82) is 0 Å². The summed E-state index contributed by atoms with van der Waals surface area (Å²) in [6, 6.07) is 15.3. The van der Waals surface area contributed by atoms with Gasteiger partial charge in [0, 0.05) is 6.04 Å². The molecule has 0 aromatic heterocycles. The van der Waals surface area contributed by atoms with Crippen LogP contribution < -0.4 is 5.32 Å². The second-order valence-corrected chi connectivity index (χ2v) is 4.85. The topological polar surface area (TPSA) is 12.0 Å². The zero-order valence-electron chi connectivity index (χ0n) is 10.9. The van der Waals surface area contributed by atoms with Gasteiger partial charge in [-0.1, -0.05) is 61.0 Å². The Hall–Kier alpha value is -1.38. The Morgan fingerprint density at radius 2 is 1.84 bits per heavy atom. The van der Waals surface area contributed by atoms with Crippen LogP contribution in [-0.4, -0.2) is 6.54 Å². The minimum absolute atomic E-state index is 0.0965. The van der Waals surface area contributed by atoms with E-state index in [1.54, 1.807) is 18.2 Å². The van der Waals surface area contributed by atoms with Crippen LogP contribution in [0.25, 0.3) is 0 Å². The monoisotopic (exact) mass is 277 g/mol. The Morgan fingerprint density at radius 1 is 1.11 bits per heavy atom. The van der Waals surface area contributed by atoms with E-state index in [2.05, 4.69) is 17.4 Å². The molecular weight excluding hydrogens is 261 g/mol. The molecule has 3 heteroatoms. The van der Waals surface area contributed by atoms with E-state index in [1.807, 2.05) is 25.1 Å². The highest BCUT2D eigenvalue weighted by Gasteiger charge is 2.14. The molecule has 1 atom stereocenters. The van der Waals surface area contributed by atoms with E-state index in [1.165, 1.54) is 0 Å². The third kappa shape index (κ3) is 3.55. The fraction of sp³-hybridized carbons (Fsp3) is 0.250. The van der Waals surface area contributed by atoms with Crippen molar-refractivity contribution in [2.45, 2.75) is 19.4 Å². The van der Waals surface area contributed by atoms with Crippen molar-refractivity contribution in [3.05, 3.63) is 70.5 Å². The van der Waals surface area contributed by atoms with E-state index >= 15 is 0 Å². The van der Waals surface area contributed by atoms with Crippen LogP contribution in [0.5, 0.6) is 0 Å². The van der Waals surface area contributed by atoms with Crippen LogP contribution in [0, 0.1) is 5.82 Å². The van der Waals surface area contributed by atoms with Gasteiger partial charge in [0.1, 0.15) is 5.82 Å². The molecule has 0 fully saturated rings. The Morgan fingerprint density at radius 3 is 2.53 bits per heavy atom. The van der Waals surface area contributed by atoms with Gasteiger partial charge < -0.3 is 5.32 Å². The van der Waals surface area contributed by atoms with E-state index in [0.717, 1.165) is 12.1 Å². The maximum Gasteiger partial charge on any atom is 0.145 e. The predicted molar refractivity (Wildman–Crippen MR) is 78.0 cm³/mol. The van der Waals surface area contributed by atoms with Gasteiger partial charge in [-0.15, -0.1) is 0 Å². The Labute approximate surface area is 118 Å². The Kier molecular flexibility index (Phi) is 4.94. The second kappa shape index (κ2) is 6.69. The van der Waals surface area contributed by atoms with Crippen LogP contribution in [0.2, 0.25) is 5.02 Å². The number of benzene rings is 2. The van der Waals surface area contributed by atoms with Crippen LogP contribution in [0.3, 0.4) is 0 Å². The van der Waals surface area contributed by atoms with E-state index in [0.29, 0.717) is 12.0 Å². The molecule has 0 saturated heterocycles. The van der Waals surface area contributed by atoms with Crippen LogP contribution in [0.1, 0.15) is 24.1 Å². The summed E-state index contributed by atoms with van der Waals surface area (Å²) in [7, 11) is 0. The number of likely N-dealkylation sites (N-methyl/N-ethyl adjacent to an activating group) is 1. The lowest BCUT2D eigenvalue weighted by Gasteiger charge is -2.19. The maximum atomic E-state index is 14.0. The summed E-state index contributed by atoms with van der Waals surface area (Å²) in [5, 5.41) is 3.57. The summed E-state index contributed by atoms with van der Waals surface area (Å²) in [5.74, 6) is -0.317. The van der Waals surface area contributed by atoms with E-state index in [4.69, 9.17) is 11.6 Å². The molecule has 0 radical (unpaired) electrons. The highest BCUT2D eigenvalue weighted by Crippen LogP contribution is 2.23. The molecule has 2 rings (SSSR count). The lowest BCUT2D eigenvalue weighted by Crippen LogP contribution is -2.23. The van der Waals surface area contributed by atoms with Gasteiger partial charge in [0.15, 0.2) is 0 Å². The van der Waals surface area contributed by atoms with E-state index in [-0.39, 0.29) is 16.9 Å². The zero-order chi connectivity index (χ0) is 13.7. The van der Waals surface area contributed by atoms with Crippen molar-refractivity contribution in [1.82, 2.24) is 5.32 Å². The molecule has 0 bridgehead atoms. The first-order valence-electron chi connectivity index (χ1n) is 6.43. The Balaban J connectivity index is 2.24. The molecule has 1 nitrogen and oxygen atoms in total. The number of rotatable bonds is 5. The van der Waals surface area contributed by atoms with Gasteiger partial charge in [-0.2, -0.15) is 0 Å². The molecule has 100 valence electrons. The van der Waals surface area contributed by atoms with Crippen molar-refractivity contribution < 1.29 is 4.39 Å². The quantitative estimate of drug-likeness (QED) is 0.856. The van der Waals surface area contributed by atoms with Crippen molar-refractivity contribution >= 4 is 11.6 Å². The number of hydrogen-bond acceptors (Lipinski definition) is 1. The zero-order valence-corrected chi connectivity index (χ0v) is 11.6. The minimum Gasteiger partial charge on any atom is -0.310 e. The van der Waals surface area contributed by atoms with Crippen molar-refractivity contribution in [3.8, 4) is 0 Å². The first kappa shape index (κ1) is 14.0. The largest absolute Gasteiger partial charge is 0.310 e. The first-order valence-corrected chi connectivity index (χ1v) is 6.81. The van der Waals surface area contributed by atoms with Gasteiger partial charge in [0.05, 0.1) is 5.02 Å². The minimum atomic E-state index is -0.317. The van der Waals surface area contributed by atoms with Gasteiger partial charge >= 0.3 is 0 Å². The van der Waals surface area contributed by atoms with E-state index in [9.17, 15) is 4.39 Å². The normalized spacial score (nSPS) is 12.4. The van der Waals surface area contributed by atoms with Gasteiger partial charge in [0.2, 0.25) is 0 Å². The second-order valence-electron chi connectivity index (χ2n) is 4.44. The fourth-order valence-corrected chi connectivity index (χ4v) is 2.36. The average molecular weight is 278 g/mol. The Bertz CT molecular complexity index is 528. The summed E-state index contributed by atoms with van der Waals surface area (Å²) in [4.78, 5) is 0. The molecule has 0 spiro atoms. The van der Waals surface area contributed by atoms with Crippen LogP contribution in [0.15, 0.2) is 48.5 Å². The van der Waals surface area contributed by atoms with Crippen LogP contribution in [0.4, 0.5) is 4.39 Å². The molecule has 2 aromatic rings. The van der Waals surface area contributed by atoms with Crippen molar-refractivity contribution in [3.63, 3.8) is 0 Å². The number of nitrogens with one attached hydrogen (secondary N) is 1. The summed E-state index contributed by atoms with van der Waals surface area (Å²) < 4.78 is 14.0. The molecule has 0 aliphatic carbocycles. The summed E-state index contributed by atoms with van der Waals surface area (Å²) >= 11 is 5.82. The molecule has 0 amide bonds. The lowest BCUT2D eigenvalue weighted by atomic mass is 9.98. The number of halogens is 2. The first-order chi connectivity index (χ1) is 9.22. The van der Waals surface area contributed by atoms with Crippen LogP contribution in [-0.2, 0) is 6.42 Å². The molecule has 1 unspecified atom stereocenters. The summed E-state index contributed by atoms with van der Waals surface area (Å²) in [5.41, 5.74) is 1.80. The molecule has 0 aliphatic rings. The molecule has 2 aromatic carbocycles. The maximum absolute atomic E-state index is 14.0. The standard InChI is InChI=1S/C16H17ClFN/c1-2-19-15(12-7-4-3-5-8-12)11-13-9-6-10-14(17)16(13)18/h3-10,15,19H,2,11H2,1H3. The van der Waals surface area contributed by atoms with Gasteiger partial charge in [-0.25, -0.2) is 4.39 Å². The molecule has 19 heavy (non-hydrogen) atoms. The molecule has 0 saturated carbocycles. The molecular formula is C16H17ClFN. The predicted octanol–water partition coefficient (Wildman–Crippen LogP) is 4.37. The summed E-state index contributed by atoms with van der Waals surface area (Å²) in [6.07, 6.45) is 0.588. The third-order valence-electron chi connectivity index (χ3n) is 3.11. The van der Waals surface area contributed by atoms with Crippen molar-refractivity contribution in [2.75, 3.05) is 6.54 Å². The van der Waals surface area contributed by atoms with Gasteiger partial charge in [0.25, 0.3) is 0 Å². The van der Waals surface area contributed by atoms with Crippen molar-refractivity contribution in [2.24, 2.45) is 0 Å². The molecule has 0 heterocycles. The summed E-state index contributed by atoms with van der Waals surface area (Å²) in [6.45, 7) is 2.88. The molecule has 0 aliphatic heterocycles. The average Bonchev–Trinajstić information content (AvgIpc) is 2.44. The lowest BCUT2D eigenvalue weighted by molar-refractivity contribution is 0.528. The third-order valence-corrected chi connectivity index (χ3v) is 3.40. The smallest absolute Gasteiger partial charge is 0.145 e. The SMILES string of the molecule is CCNC(Cc1cccc(Cl)c1F)c1ccccc1. The van der Waals surface area contributed by atoms with Crippen LogP contribution >= 0.6 is 11.6 Å². The van der Waals surface area contributed by atoms with Gasteiger partial charge in [-0.3, -0.25) is 0 Å². The highest BCUT2D eigenvalue weighted by molar-refractivity contribution is 6.30. The highest BCUT2D eigenvalue weighted by atomic mass is 35.5. The number of hydrogen-bond donors (Lipinski definition) is 1. The van der Waals surface area contributed by atoms with Gasteiger partial charge in [-0.05, 0) is 30.2 Å².